The van der Waals surface area contributed by atoms with Gasteiger partial charge in [0.2, 0.25) is 0 Å². The van der Waals surface area contributed by atoms with Crippen LogP contribution in [0.5, 0.6) is 0 Å². The second-order valence-corrected chi connectivity index (χ2v) is 10.8. The SMILES string of the molecule is CC/C=C(\SCC(=O)OCC)[Si](C)(C)c1ccccc1. The van der Waals surface area contributed by atoms with E-state index in [9.17, 15) is 4.79 Å². The monoisotopic (exact) mass is 308 g/mol. The van der Waals surface area contributed by atoms with E-state index >= 15 is 0 Å². The van der Waals surface area contributed by atoms with Gasteiger partial charge in [0.1, 0.15) is 8.07 Å². The number of carbonyl (C=O) groups is 1. The first-order chi connectivity index (χ1) is 9.52. The minimum atomic E-state index is -1.70. The van der Waals surface area contributed by atoms with Gasteiger partial charge in [-0.05, 0) is 17.9 Å². The van der Waals surface area contributed by atoms with E-state index in [4.69, 9.17) is 4.74 Å². The molecule has 0 unspecified atom stereocenters. The van der Waals surface area contributed by atoms with Crippen molar-refractivity contribution in [3.63, 3.8) is 0 Å². The van der Waals surface area contributed by atoms with Gasteiger partial charge in [0.05, 0.1) is 12.4 Å². The number of rotatable bonds is 7. The molecule has 0 bridgehead atoms. The fourth-order valence-corrected chi connectivity index (χ4v) is 6.70. The third-order valence-electron chi connectivity index (χ3n) is 3.15. The van der Waals surface area contributed by atoms with Gasteiger partial charge >= 0.3 is 5.97 Å². The molecule has 1 rings (SSSR count). The Morgan fingerprint density at radius 3 is 2.45 bits per heavy atom. The Balaban J connectivity index is 2.85. The lowest BCUT2D eigenvalue weighted by Gasteiger charge is -2.26. The third-order valence-corrected chi connectivity index (χ3v) is 9.19. The zero-order valence-corrected chi connectivity index (χ0v) is 14.6. The van der Waals surface area contributed by atoms with Crippen molar-refractivity contribution >= 4 is 31.0 Å². The summed E-state index contributed by atoms with van der Waals surface area (Å²) in [6.07, 6.45) is 3.26. The summed E-state index contributed by atoms with van der Waals surface area (Å²) < 4.78 is 6.38. The maximum Gasteiger partial charge on any atom is 0.316 e. The van der Waals surface area contributed by atoms with E-state index in [-0.39, 0.29) is 5.97 Å². The molecule has 1 aromatic carbocycles. The lowest BCUT2D eigenvalue weighted by molar-refractivity contribution is -0.139. The number of thioether (sulfide) groups is 1. The van der Waals surface area contributed by atoms with Crippen LogP contribution in [0.3, 0.4) is 0 Å². The number of allylic oxidation sites excluding steroid dienone is 1. The van der Waals surface area contributed by atoms with Crippen LogP contribution in [0.2, 0.25) is 13.1 Å². The van der Waals surface area contributed by atoms with Crippen molar-refractivity contribution in [3.8, 4) is 0 Å². The summed E-state index contributed by atoms with van der Waals surface area (Å²) in [6.45, 7) is 9.10. The molecule has 0 atom stereocenters. The quantitative estimate of drug-likeness (QED) is 0.567. The van der Waals surface area contributed by atoms with Gasteiger partial charge in [-0.1, -0.05) is 61.6 Å². The fraction of sp³-hybridized carbons (Fsp3) is 0.438. The van der Waals surface area contributed by atoms with E-state index in [0.29, 0.717) is 12.4 Å². The van der Waals surface area contributed by atoms with Crippen molar-refractivity contribution in [3.05, 3.63) is 40.9 Å². The van der Waals surface area contributed by atoms with Crippen LogP contribution >= 0.6 is 11.8 Å². The van der Waals surface area contributed by atoms with Crippen molar-refractivity contribution in [2.24, 2.45) is 0 Å². The maximum atomic E-state index is 11.6. The molecule has 0 aliphatic carbocycles. The highest BCUT2D eigenvalue weighted by atomic mass is 32.2. The topological polar surface area (TPSA) is 26.3 Å². The molecule has 0 spiro atoms. The minimum Gasteiger partial charge on any atom is -0.465 e. The summed E-state index contributed by atoms with van der Waals surface area (Å²) >= 11 is 1.64. The van der Waals surface area contributed by atoms with Gasteiger partial charge in [-0.25, -0.2) is 0 Å². The molecule has 0 amide bonds. The molecule has 1 aromatic rings. The van der Waals surface area contributed by atoms with E-state index in [2.05, 4.69) is 50.4 Å². The lowest BCUT2D eigenvalue weighted by Crippen LogP contribution is -2.43. The Morgan fingerprint density at radius 1 is 1.25 bits per heavy atom. The highest BCUT2D eigenvalue weighted by Gasteiger charge is 2.28. The molecule has 4 heteroatoms. The smallest absolute Gasteiger partial charge is 0.316 e. The van der Waals surface area contributed by atoms with Crippen LogP contribution in [0.1, 0.15) is 20.3 Å². The van der Waals surface area contributed by atoms with Crippen LogP contribution in [-0.2, 0) is 9.53 Å². The number of esters is 1. The van der Waals surface area contributed by atoms with E-state index in [0.717, 1.165) is 6.42 Å². The van der Waals surface area contributed by atoms with Crippen LogP contribution in [0.15, 0.2) is 40.9 Å². The molecule has 0 radical (unpaired) electrons. The van der Waals surface area contributed by atoms with Gasteiger partial charge in [0.15, 0.2) is 0 Å². The highest BCUT2D eigenvalue weighted by molar-refractivity contribution is 8.06. The third kappa shape index (κ3) is 4.83. The summed E-state index contributed by atoms with van der Waals surface area (Å²) in [7, 11) is -1.70. The Kier molecular flexibility index (Phi) is 7.09. The molecule has 110 valence electrons. The molecule has 0 saturated carbocycles. The zero-order chi connectivity index (χ0) is 15.0. The van der Waals surface area contributed by atoms with Crippen LogP contribution in [0.25, 0.3) is 0 Å². The first kappa shape index (κ1) is 17.0. The van der Waals surface area contributed by atoms with Crippen LogP contribution in [0, 0.1) is 0 Å². The molecule has 0 heterocycles. The Labute approximate surface area is 127 Å². The van der Waals surface area contributed by atoms with Gasteiger partial charge < -0.3 is 4.74 Å². The standard InChI is InChI=1S/C16H24O2SSi/c1-5-10-16(19-13-15(17)18-6-2)20(3,4)14-11-8-7-9-12-14/h7-12H,5-6,13H2,1-4H3/b16-10+. The van der Waals surface area contributed by atoms with Gasteiger partial charge in [-0.3, -0.25) is 4.79 Å². The number of benzene rings is 1. The van der Waals surface area contributed by atoms with Crippen molar-refractivity contribution in [2.75, 3.05) is 12.4 Å². The van der Waals surface area contributed by atoms with Crippen molar-refractivity contribution in [1.29, 1.82) is 0 Å². The summed E-state index contributed by atoms with van der Waals surface area (Å²) in [5.74, 6) is 0.278. The summed E-state index contributed by atoms with van der Waals surface area (Å²) in [5.41, 5.74) is 0. The molecule has 2 nitrogen and oxygen atoms in total. The van der Waals surface area contributed by atoms with Crippen LogP contribution in [0.4, 0.5) is 0 Å². The number of carbonyl (C=O) groups excluding carboxylic acids is 1. The van der Waals surface area contributed by atoms with Gasteiger partial charge in [0, 0.05) is 0 Å². The van der Waals surface area contributed by atoms with Crippen LogP contribution < -0.4 is 5.19 Å². The first-order valence-corrected chi connectivity index (χ1v) is 11.1. The van der Waals surface area contributed by atoms with Crippen LogP contribution in [-0.4, -0.2) is 26.4 Å². The summed E-state index contributed by atoms with van der Waals surface area (Å²) in [5, 5.41) is 1.40. The largest absolute Gasteiger partial charge is 0.465 e. The van der Waals surface area contributed by atoms with E-state index in [1.165, 1.54) is 9.72 Å². The van der Waals surface area contributed by atoms with E-state index in [1.807, 2.05) is 13.0 Å². The molecule has 0 aromatic heterocycles. The van der Waals surface area contributed by atoms with Gasteiger partial charge in [-0.15, -0.1) is 11.8 Å². The molecule has 20 heavy (non-hydrogen) atoms. The molecule has 0 aliphatic rings. The fourth-order valence-electron chi connectivity index (χ4n) is 2.02. The average molecular weight is 309 g/mol. The highest BCUT2D eigenvalue weighted by Crippen LogP contribution is 2.27. The van der Waals surface area contributed by atoms with Crippen molar-refractivity contribution in [1.82, 2.24) is 0 Å². The molecular formula is C16H24O2SSi. The molecular weight excluding hydrogens is 284 g/mol. The van der Waals surface area contributed by atoms with Crippen molar-refractivity contribution in [2.45, 2.75) is 33.4 Å². The lowest BCUT2D eigenvalue weighted by atomic mass is 10.4. The second-order valence-electron chi connectivity index (χ2n) is 5.06. The Bertz CT molecular complexity index is 455. The van der Waals surface area contributed by atoms with Gasteiger partial charge in [0.25, 0.3) is 0 Å². The predicted molar refractivity (Wildman–Crippen MR) is 91.0 cm³/mol. The Hall–Kier alpha value is -1.00. The first-order valence-electron chi connectivity index (χ1n) is 7.07. The molecule has 0 aliphatic heterocycles. The number of hydrogen-bond donors (Lipinski definition) is 0. The predicted octanol–water partition coefficient (Wildman–Crippen LogP) is 3.73. The minimum absolute atomic E-state index is 0.127. The number of ether oxygens (including phenoxy) is 1. The molecule has 0 saturated heterocycles. The zero-order valence-electron chi connectivity index (χ0n) is 12.8. The maximum absolute atomic E-state index is 11.6. The van der Waals surface area contributed by atoms with Gasteiger partial charge in [-0.2, -0.15) is 0 Å². The average Bonchev–Trinajstić information content (AvgIpc) is 2.44. The Morgan fingerprint density at radius 2 is 1.90 bits per heavy atom. The normalized spacial score (nSPS) is 12.3. The van der Waals surface area contributed by atoms with E-state index < -0.39 is 8.07 Å². The number of hydrogen-bond acceptors (Lipinski definition) is 3. The second kappa shape index (κ2) is 8.32. The van der Waals surface area contributed by atoms with Crippen molar-refractivity contribution < 1.29 is 9.53 Å². The summed E-state index contributed by atoms with van der Waals surface area (Å²) in [4.78, 5) is 11.6. The van der Waals surface area contributed by atoms with E-state index in [1.54, 1.807) is 11.8 Å². The molecule has 0 N–H and O–H groups in total. The summed E-state index contributed by atoms with van der Waals surface area (Å²) in [6, 6.07) is 10.6. The molecule has 0 fully saturated rings.